The molecule has 0 radical (unpaired) electrons. The van der Waals surface area contributed by atoms with Crippen LogP contribution in [-0.4, -0.2) is 0 Å². The molecule has 0 atom stereocenters. The molecule has 0 N–H and O–H groups in total. The van der Waals surface area contributed by atoms with Crippen molar-refractivity contribution in [2.45, 2.75) is 0 Å². The molecule has 0 unspecified atom stereocenters. The maximum absolute atomic E-state index is 2.09. The molecule has 2 aromatic rings. The van der Waals surface area contributed by atoms with Crippen molar-refractivity contribution < 1.29 is 0 Å². The second-order valence-corrected chi connectivity index (χ2v) is 4.31. The summed E-state index contributed by atoms with van der Waals surface area (Å²) in [7, 11) is 0. The summed E-state index contributed by atoms with van der Waals surface area (Å²) in [6.07, 6.45) is 16.4. The topological polar surface area (TPSA) is 0 Å². The van der Waals surface area contributed by atoms with E-state index in [1.807, 2.05) is 72.9 Å². The first-order chi connectivity index (χ1) is 9.95. The van der Waals surface area contributed by atoms with Crippen molar-refractivity contribution in [3.05, 3.63) is 108 Å². The van der Waals surface area contributed by atoms with Gasteiger partial charge in [0.25, 0.3) is 0 Å². The molecule has 0 bridgehead atoms. The van der Waals surface area contributed by atoms with Crippen LogP contribution in [0, 0.1) is 0 Å². The minimum absolute atomic E-state index is 1.21. The van der Waals surface area contributed by atoms with Crippen molar-refractivity contribution in [2.75, 3.05) is 0 Å². The standard InChI is InChI=1S/C20H18/c1(3-7-13-19-15-9-5-10-16-19)2-4-8-14-20-17-11-6-12-18-20/h1-18H/b3-1-,4-2+,13-7-,14-8-. The van der Waals surface area contributed by atoms with Gasteiger partial charge in [-0.1, -0.05) is 109 Å². The Morgan fingerprint density at radius 1 is 0.400 bits per heavy atom. The smallest absolute Gasteiger partial charge is 0.0257 e. The molecule has 0 heteroatoms. The highest BCUT2D eigenvalue weighted by Crippen LogP contribution is 2.02. The molecule has 0 nitrogen and oxygen atoms in total. The molecule has 0 amide bonds. The molecule has 0 heterocycles. The molecule has 0 aliphatic rings. The zero-order valence-electron chi connectivity index (χ0n) is 11.4. The van der Waals surface area contributed by atoms with Gasteiger partial charge in [-0.05, 0) is 11.1 Å². The van der Waals surface area contributed by atoms with Crippen molar-refractivity contribution in [3.8, 4) is 0 Å². The summed E-state index contributed by atoms with van der Waals surface area (Å²) in [5.74, 6) is 0. The number of benzene rings is 2. The molecular weight excluding hydrogens is 240 g/mol. The average molecular weight is 258 g/mol. The van der Waals surface area contributed by atoms with Crippen molar-refractivity contribution in [3.63, 3.8) is 0 Å². The van der Waals surface area contributed by atoms with Crippen molar-refractivity contribution >= 4 is 12.2 Å². The molecular formula is C20H18. The monoisotopic (exact) mass is 258 g/mol. The molecule has 0 fully saturated rings. The van der Waals surface area contributed by atoms with Crippen LogP contribution in [-0.2, 0) is 0 Å². The zero-order valence-corrected chi connectivity index (χ0v) is 11.4. The Morgan fingerprint density at radius 2 is 0.750 bits per heavy atom. The Morgan fingerprint density at radius 3 is 1.15 bits per heavy atom. The Hall–Kier alpha value is -2.60. The van der Waals surface area contributed by atoms with Crippen molar-refractivity contribution in [1.82, 2.24) is 0 Å². The van der Waals surface area contributed by atoms with Gasteiger partial charge < -0.3 is 0 Å². The lowest BCUT2D eigenvalue weighted by molar-refractivity contribution is 1.66. The van der Waals surface area contributed by atoms with Gasteiger partial charge in [-0.2, -0.15) is 0 Å². The Bertz CT molecular complexity index is 542. The highest BCUT2D eigenvalue weighted by molar-refractivity contribution is 5.52. The van der Waals surface area contributed by atoms with Crippen LogP contribution in [0.4, 0.5) is 0 Å². The fourth-order valence-electron chi connectivity index (χ4n) is 1.72. The molecule has 2 rings (SSSR count). The van der Waals surface area contributed by atoms with E-state index in [2.05, 4.69) is 36.4 Å². The fraction of sp³-hybridized carbons (Fsp3) is 0. The molecule has 2 aromatic carbocycles. The molecule has 98 valence electrons. The van der Waals surface area contributed by atoms with Gasteiger partial charge in [-0.3, -0.25) is 0 Å². The van der Waals surface area contributed by atoms with E-state index in [0.717, 1.165) is 0 Å². The van der Waals surface area contributed by atoms with Gasteiger partial charge in [-0.15, -0.1) is 0 Å². The number of allylic oxidation sites excluding steroid dienone is 6. The Kier molecular flexibility index (Phi) is 5.87. The Labute approximate surface area is 121 Å². The molecule has 0 aromatic heterocycles. The fourth-order valence-corrected chi connectivity index (χ4v) is 1.72. The minimum atomic E-state index is 1.21. The Balaban J connectivity index is 1.77. The summed E-state index contributed by atoms with van der Waals surface area (Å²) >= 11 is 0. The predicted molar refractivity (Wildman–Crippen MR) is 89.2 cm³/mol. The van der Waals surface area contributed by atoms with E-state index in [0.29, 0.717) is 0 Å². The maximum Gasteiger partial charge on any atom is -0.0257 e. The molecule has 0 spiro atoms. The first-order valence-corrected chi connectivity index (χ1v) is 6.73. The van der Waals surface area contributed by atoms with E-state index in [1.54, 1.807) is 0 Å². The highest BCUT2D eigenvalue weighted by Gasteiger charge is 1.80. The van der Waals surface area contributed by atoms with Crippen molar-refractivity contribution in [1.29, 1.82) is 0 Å². The van der Waals surface area contributed by atoms with Gasteiger partial charge in [0, 0.05) is 0 Å². The van der Waals surface area contributed by atoms with Gasteiger partial charge in [0.15, 0.2) is 0 Å². The van der Waals surface area contributed by atoms with Gasteiger partial charge in [0.05, 0.1) is 0 Å². The normalized spacial score (nSPS) is 12.2. The molecule has 20 heavy (non-hydrogen) atoms. The van der Waals surface area contributed by atoms with Gasteiger partial charge in [-0.25, -0.2) is 0 Å². The second-order valence-electron chi connectivity index (χ2n) is 4.31. The summed E-state index contributed by atoms with van der Waals surface area (Å²) < 4.78 is 0. The zero-order chi connectivity index (χ0) is 13.9. The first-order valence-electron chi connectivity index (χ1n) is 6.73. The van der Waals surface area contributed by atoms with Crippen LogP contribution in [0.5, 0.6) is 0 Å². The second kappa shape index (κ2) is 8.49. The van der Waals surface area contributed by atoms with Gasteiger partial charge in [0.2, 0.25) is 0 Å². The number of hydrogen-bond donors (Lipinski definition) is 0. The number of rotatable bonds is 5. The van der Waals surface area contributed by atoms with Crippen LogP contribution < -0.4 is 0 Å². The summed E-state index contributed by atoms with van der Waals surface area (Å²) in [4.78, 5) is 0. The van der Waals surface area contributed by atoms with Crippen LogP contribution >= 0.6 is 0 Å². The lowest BCUT2D eigenvalue weighted by atomic mass is 10.2. The van der Waals surface area contributed by atoms with E-state index >= 15 is 0 Å². The quantitative estimate of drug-likeness (QED) is 0.619. The third-order valence-corrected chi connectivity index (χ3v) is 2.73. The van der Waals surface area contributed by atoms with E-state index in [9.17, 15) is 0 Å². The van der Waals surface area contributed by atoms with E-state index in [4.69, 9.17) is 0 Å². The largest absolute Gasteiger partial charge is 0.0623 e. The van der Waals surface area contributed by atoms with E-state index in [1.165, 1.54) is 11.1 Å². The van der Waals surface area contributed by atoms with E-state index in [-0.39, 0.29) is 0 Å². The molecule has 0 saturated carbocycles. The lowest BCUT2D eigenvalue weighted by Crippen LogP contribution is -1.66. The highest BCUT2D eigenvalue weighted by atomic mass is 13.9. The third kappa shape index (κ3) is 5.36. The number of hydrogen-bond acceptors (Lipinski definition) is 0. The van der Waals surface area contributed by atoms with Gasteiger partial charge in [0.1, 0.15) is 0 Å². The predicted octanol–water partition coefficient (Wildman–Crippen LogP) is 5.53. The summed E-state index contributed by atoms with van der Waals surface area (Å²) in [5.41, 5.74) is 2.43. The van der Waals surface area contributed by atoms with Gasteiger partial charge >= 0.3 is 0 Å². The summed E-state index contributed by atoms with van der Waals surface area (Å²) in [6, 6.07) is 20.5. The van der Waals surface area contributed by atoms with Crippen molar-refractivity contribution in [2.24, 2.45) is 0 Å². The summed E-state index contributed by atoms with van der Waals surface area (Å²) in [6.45, 7) is 0. The van der Waals surface area contributed by atoms with E-state index < -0.39 is 0 Å². The molecule has 0 aliphatic carbocycles. The first kappa shape index (κ1) is 13.8. The molecule has 0 aliphatic heterocycles. The minimum Gasteiger partial charge on any atom is -0.0623 e. The van der Waals surface area contributed by atoms with Crippen LogP contribution in [0.1, 0.15) is 11.1 Å². The third-order valence-electron chi connectivity index (χ3n) is 2.73. The van der Waals surface area contributed by atoms with Crippen LogP contribution in [0.15, 0.2) is 97.1 Å². The molecule has 0 saturated heterocycles. The summed E-state index contributed by atoms with van der Waals surface area (Å²) in [5, 5.41) is 0. The van der Waals surface area contributed by atoms with Crippen LogP contribution in [0.25, 0.3) is 12.2 Å². The lowest BCUT2D eigenvalue weighted by Gasteiger charge is -1.88. The average Bonchev–Trinajstić information content (AvgIpc) is 2.52. The maximum atomic E-state index is 2.09. The van der Waals surface area contributed by atoms with Crippen LogP contribution in [0.2, 0.25) is 0 Å². The SMILES string of the molecule is C(/C=C\c1ccccc1)=C/C=C/C=C\c1ccccc1. The van der Waals surface area contributed by atoms with Crippen LogP contribution in [0.3, 0.4) is 0 Å².